The van der Waals surface area contributed by atoms with Crippen LogP contribution in [0.2, 0.25) is 0 Å². The summed E-state index contributed by atoms with van der Waals surface area (Å²) in [5.41, 5.74) is 6.47. The Morgan fingerprint density at radius 3 is 2.76 bits per heavy atom. The third-order valence-corrected chi connectivity index (χ3v) is 6.34. The van der Waals surface area contributed by atoms with Crippen molar-refractivity contribution >= 4 is 0 Å². The van der Waals surface area contributed by atoms with Crippen LogP contribution in [0.5, 0.6) is 0 Å². The molecule has 122 valence electrons. The molecule has 3 rings (SSSR count). The maximum Gasteiger partial charge on any atom is 0.0730 e. The molecule has 3 fully saturated rings. The molecule has 0 amide bonds. The zero-order valence-electron chi connectivity index (χ0n) is 14.0. The first-order chi connectivity index (χ1) is 10.1. The summed E-state index contributed by atoms with van der Waals surface area (Å²) in [6.07, 6.45) is 9.75. The summed E-state index contributed by atoms with van der Waals surface area (Å²) in [4.78, 5) is 2.74. The first-order valence-corrected chi connectivity index (χ1v) is 9.26. The predicted octanol–water partition coefficient (Wildman–Crippen LogP) is 3.03. The van der Waals surface area contributed by atoms with E-state index in [0.717, 1.165) is 25.0 Å². The minimum atomic E-state index is 0.421. The Bertz CT molecular complexity index is 331. The average molecular weight is 294 g/mol. The van der Waals surface area contributed by atoms with Gasteiger partial charge in [0.1, 0.15) is 0 Å². The minimum Gasteiger partial charge on any atom is -0.375 e. The molecule has 3 heteroatoms. The fraction of sp³-hybridized carbons (Fsp3) is 1.00. The molecule has 0 aromatic heterocycles. The van der Waals surface area contributed by atoms with E-state index in [2.05, 4.69) is 18.7 Å². The lowest BCUT2D eigenvalue weighted by Crippen LogP contribution is -2.55. The lowest BCUT2D eigenvalue weighted by Gasteiger charge is -2.47. The van der Waals surface area contributed by atoms with Gasteiger partial charge < -0.3 is 10.5 Å². The van der Waals surface area contributed by atoms with Crippen molar-refractivity contribution in [3.05, 3.63) is 0 Å². The molecule has 21 heavy (non-hydrogen) atoms. The highest BCUT2D eigenvalue weighted by Gasteiger charge is 2.37. The fourth-order valence-corrected chi connectivity index (χ4v) is 4.84. The Balaban J connectivity index is 1.61. The molecule has 0 aromatic rings. The van der Waals surface area contributed by atoms with Crippen LogP contribution in [0, 0.1) is 17.8 Å². The second kappa shape index (κ2) is 6.97. The van der Waals surface area contributed by atoms with Crippen molar-refractivity contribution < 1.29 is 4.74 Å². The monoisotopic (exact) mass is 294 g/mol. The number of nitrogens with zero attached hydrogens (tertiary/aromatic N) is 1. The number of rotatable bonds is 3. The molecule has 3 nitrogen and oxygen atoms in total. The molecule has 1 saturated heterocycles. The molecule has 1 aliphatic heterocycles. The zero-order valence-corrected chi connectivity index (χ0v) is 14.0. The van der Waals surface area contributed by atoms with Gasteiger partial charge in [-0.2, -0.15) is 0 Å². The van der Waals surface area contributed by atoms with Gasteiger partial charge in [-0.3, -0.25) is 4.90 Å². The molecule has 3 aliphatic rings. The van der Waals surface area contributed by atoms with Gasteiger partial charge in [0.05, 0.1) is 12.7 Å². The highest BCUT2D eigenvalue weighted by molar-refractivity contribution is 4.91. The normalized spacial score (nSPS) is 42.0. The fourth-order valence-electron chi connectivity index (χ4n) is 4.84. The lowest BCUT2D eigenvalue weighted by molar-refractivity contribution is -0.0948. The summed E-state index contributed by atoms with van der Waals surface area (Å²) < 4.78 is 6.01. The van der Waals surface area contributed by atoms with Gasteiger partial charge in [0.2, 0.25) is 0 Å². The molecular weight excluding hydrogens is 260 g/mol. The van der Waals surface area contributed by atoms with Crippen molar-refractivity contribution in [1.29, 1.82) is 0 Å². The summed E-state index contributed by atoms with van der Waals surface area (Å²) in [5.74, 6) is 2.40. The minimum absolute atomic E-state index is 0.421. The van der Waals surface area contributed by atoms with E-state index in [4.69, 9.17) is 10.5 Å². The molecule has 2 N–H and O–H groups in total. The summed E-state index contributed by atoms with van der Waals surface area (Å²) in [5, 5.41) is 0. The molecule has 0 aromatic carbocycles. The predicted molar refractivity (Wildman–Crippen MR) is 87.2 cm³/mol. The second-order valence-electron chi connectivity index (χ2n) is 8.00. The Labute approximate surface area is 130 Å². The maximum atomic E-state index is 6.47. The molecule has 5 atom stereocenters. The molecular formula is C18H34N2O. The van der Waals surface area contributed by atoms with Crippen molar-refractivity contribution in [2.75, 3.05) is 19.7 Å². The van der Waals surface area contributed by atoms with E-state index >= 15 is 0 Å². The van der Waals surface area contributed by atoms with E-state index in [1.165, 1.54) is 51.5 Å². The molecule has 1 heterocycles. The highest BCUT2D eigenvalue weighted by Crippen LogP contribution is 2.35. The van der Waals surface area contributed by atoms with Crippen LogP contribution in [-0.4, -0.2) is 42.8 Å². The van der Waals surface area contributed by atoms with Crippen molar-refractivity contribution in [1.82, 2.24) is 4.90 Å². The van der Waals surface area contributed by atoms with Crippen LogP contribution >= 0.6 is 0 Å². The van der Waals surface area contributed by atoms with Gasteiger partial charge in [0.15, 0.2) is 0 Å². The summed E-state index contributed by atoms with van der Waals surface area (Å²) in [6.45, 7) is 8.03. The third-order valence-electron chi connectivity index (χ3n) is 6.34. The summed E-state index contributed by atoms with van der Waals surface area (Å²) in [7, 11) is 0. The third kappa shape index (κ3) is 3.62. The Kier molecular flexibility index (Phi) is 5.23. The average Bonchev–Trinajstić information content (AvgIpc) is 2.49. The topological polar surface area (TPSA) is 38.5 Å². The smallest absolute Gasteiger partial charge is 0.0730 e. The molecule has 2 aliphatic carbocycles. The summed E-state index contributed by atoms with van der Waals surface area (Å²) >= 11 is 0. The zero-order chi connectivity index (χ0) is 14.8. The Morgan fingerprint density at radius 1 is 1.14 bits per heavy atom. The first kappa shape index (κ1) is 15.8. The van der Waals surface area contributed by atoms with E-state index in [-0.39, 0.29) is 0 Å². The number of hydrogen-bond donors (Lipinski definition) is 1. The van der Waals surface area contributed by atoms with Crippen LogP contribution in [0.1, 0.15) is 58.8 Å². The van der Waals surface area contributed by atoms with Crippen molar-refractivity contribution in [2.24, 2.45) is 23.5 Å². The number of ether oxygens (including phenoxy) is 1. The van der Waals surface area contributed by atoms with Crippen LogP contribution in [0.15, 0.2) is 0 Å². The van der Waals surface area contributed by atoms with E-state index in [1.54, 1.807) is 0 Å². The molecule has 0 radical (unpaired) electrons. The van der Waals surface area contributed by atoms with Crippen LogP contribution in [0.4, 0.5) is 0 Å². The number of nitrogens with two attached hydrogens (primary N) is 1. The molecule has 2 saturated carbocycles. The molecule has 0 spiro atoms. The standard InChI is InChI=1S/C18H34N2O/c1-13(2)14-7-8-16(19)15(11-14)12-20-9-10-21-18-6-4-3-5-17(18)20/h13-18H,3-12,19H2,1-2H3. The SMILES string of the molecule is CC(C)C1CCC(N)C(CN2CCOC3CCCCC32)C1. The first-order valence-electron chi connectivity index (χ1n) is 9.26. The second-order valence-corrected chi connectivity index (χ2v) is 8.00. The largest absolute Gasteiger partial charge is 0.375 e. The van der Waals surface area contributed by atoms with Gasteiger partial charge in [0, 0.05) is 25.2 Å². The number of fused-ring (bicyclic) bond motifs is 1. The van der Waals surface area contributed by atoms with Gasteiger partial charge in [-0.05, 0) is 49.9 Å². The van der Waals surface area contributed by atoms with Crippen LogP contribution in [0.25, 0.3) is 0 Å². The van der Waals surface area contributed by atoms with Gasteiger partial charge >= 0.3 is 0 Å². The van der Waals surface area contributed by atoms with Crippen LogP contribution in [0.3, 0.4) is 0 Å². The lowest BCUT2D eigenvalue weighted by atomic mass is 9.73. The molecule has 5 unspecified atom stereocenters. The Morgan fingerprint density at radius 2 is 1.95 bits per heavy atom. The van der Waals surface area contributed by atoms with Gasteiger partial charge in [0.25, 0.3) is 0 Å². The number of morpholine rings is 1. The van der Waals surface area contributed by atoms with E-state index in [0.29, 0.717) is 24.1 Å². The van der Waals surface area contributed by atoms with E-state index < -0.39 is 0 Å². The van der Waals surface area contributed by atoms with E-state index in [1.807, 2.05) is 0 Å². The van der Waals surface area contributed by atoms with Crippen molar-refractivity contribution in [2.45, 2.75) is 77.0 Å². The quantitative estimate of drug-likeness (QED) is 0.869. The van der Waals surface area contributed by atoms with Crippen molar-refractivity contribution in [3.63, 3.8) is 0 Å². The summed E-state index contributed by atoms with van der Waals surface area (Å²) in [6, 6.07) is 1.10. The molecule has 0 bridgehead atoms. The maximum absolute atomic E-state index is 6.47. The van der Waals surface area contributed by atoms with E-state index in [9.17, 15) is 0 Å². The van der Waals surface area contributed by atoms with Gasteiger partial charge in [-0.15, -0.1) is 0 Å². The Hall–Kier alpha value is -0.120. The van der Waals surface area contributed by atoms with Crippen molar-refractivity contribution in [3.8, 4) is 0 Å². The van der Waals surface area contributed by atoms with Crippen LogP contribution in [-0.2, 0) is 4.74 Å². The number of hydrogen-bond acceptors (Lipinski definition) is 3. The van der Waals surface area contributed by atoms with Crippen LogP contribution < -0.4 is 5.73 Å². The van der Waals surface area contributed by atoms with Gasteiger partial charge in [-0.1, -0.05) is 26.7 Å². The highest BCUT2D eigenvalue weighted by atomic mass is 16.5. The van der Waals surface area contributed by atoms with Gasteiger partial charge in [-0.25, -0.2) is 0 Å².